The van der Waals surface area contributed by atoms with Gasteiger partial charge < -0.3 is 9.90 Å². The minimum absolute atomic E-state index is 0. The molecule has 0 N–H and O–H groups in total. The van der Waals surface area contributed by atoms with Crippen molar-refractivity contribution in [1.29, 1.82) is 0 Å². The van der Waals surface area contributed by atoms with Gasteiger partial charge in [0.05, 0.1) is 18.2 Å². The van der Waals surface area contributed by atoms with Crippen molar-refractivity contribution in [2.45, 2.75) is 44.1 Å². The van der Waals surface area contributed by atoms with Gasteiger partial charge in [-0.1, -0.05) is 0 Å². The molecule has 0 aromatic carbocycles. The zero-order valence-corrected chi connectivity index (χ0v) is 9.98. The van der Waals surface area contributed by atoms with Crippen LogP contribution >= 0.6 is 0 Å². The normalized spacial score (nSPS) is 28.2. The first-order chi connectivity index (χ1) is 7.74. The average molecular weight is 224 g/mol. The number of aromatic nitrogens is 2. The van der Waals surface area contributed by atoms with Crippen LogP contribution in [0.3, 0.4) is 0 Å². The van der Waals surface area contributed by atoms with Crippen LogP contribution in [0.5, 0.6) is 0 Å². The van der Waals surface area contributed by atoms with Crippen LogP contribution in [-0.2, 0) is 17.8 Å². The van der Waals surface area contributed by atoms with E-state index < -0.39 is 5.97 Å². The van der Waals surface area contributed by atoms with Crippen molar-refractivity contribution >= 4 is 5.97 Å². The maximum Gasteiger partial charge on any atom is 1.00 e. The molecule has 0 bridgehead atoms. The number of fused-ring (bicyclic) bond motifs is 3. The molecule has 0 radical (unpaired) electrons. The van der Waals surface area contributed by atoms with Crippen molar-refractivity contribution in [3.05, 3.63) is 17.0 Å². The quantitative estimate of drug-likeness (QED) is 0.520. The molecule has 2 fully saturated rings. The summed E-state index contributed by atoms with van der Waals surface area (Å²) < 4.78 is 1.68. The summed E-state index contributed by atoms with van der Waals surface area (Å²) in [5.74, 6) is 1.09. The molecule has 5 heteroatoms. The molecule has 1 aromatic rings. The number of hydrogen-bond donors (Lipinski definition) is 0. The van der Waals surface area contributed by atoms with Gasteiger partial charge >= 0.3 is 18.9 Å². The van der Waals surface area contributed by atoms with Crippen molar-refractivity contribution in [2.75, 3.05) is 0 Å². The molecule has 2 atom stereocenters. The van der Waals surface area contributed by atoms with Gasteiger partial charge in [0.15, 0.2) is 0 Å². The van der Waals surface area contributed by atoms with Gasteiger partial charge in [0, 0.05) is 17.2 Å². The largest absolute Gasteiger partial charge is 1.00 e. The molecule has 3 aliphatic carbocycles. The van der Waals surface area contributed by atoms with Crippen LogP contribution in [0.1, 0.15) is 48.0 Å². The van der Waals surface area contributed by atoms with Gasteiger partial charge in [-0.15, -0.1) is 0 Å². The number of carbonyl (C=O) groups excluding carboxylic acids is 1. The zero-order valence-electron chi connectivity index (χ0n) is 9.98. The predicted molar refractivity (Wildman–Crippen MR) is 53.8 cm³/mol. The van der Waals surface area contributed by atoms with Gasteiger partial charge in [-0.3, -0.25) is 4.68 Å². The predicted octanol–water partition coefficient (Wildman–Crippen LogP) is -2.83. The standard InChI is InChI=1S/C12H14N2O2.Li/c15-10(16)5-14-9-4-7-3-8(7)11(9)12(13-14)6-1-2-6;/h6-8H,1-5H2,(H,15,16);/q;+1/p-1/t7-,8-;/m0./s1. The molecule has 3 aliphatic rings. The molecular formula is C12H13LiN2O2. The molecule has 4 rings (SSSR count). The van der Waals surface area contributed by atoms with Crippen molar-refractivity contribution in [2.24, 2.45) is 5.92 Å². The molecule has 1 aromatic heterocycles. The summed E-state index contributed by atoms with van der Waals surface area (Å²) in [6.45, 7) is -0.0749. The van der Waals surface area contributed by atoms with Crippen molar-refractivity contribution in [3.8, 4) is 0 Å². The average Bonchev–Trinajstić information content (AvgIpc) is 3.11. The van der Waals surface area contributed by atoms with E-state index in [0.29, 0.717) is 11.8 Å². The number of aliphatic carboxylic acids is 1. The number of rotatable bonds is 3. The van der Waals surface area contributed by atoms with Crippen LogP contribution in [0.2, 0.25) is 0 Å². The number of carbonyl (C=O) groups is 1. The Kier molecular flexibility index (Phi) is 2.43. The van der Waals surface area contributed by atoms with Crippen LogP contribution in [0.15, 0.2) is 0 Å². The number of carboxylic acids is 1. The minimum Gasteiger partial charge on any atom is -0.548 e. The second-order valence-electron chi connectivity index (χ2n) is 5.36. The zero-order chi connectivity index (χ0) is 10.9. The number of nitrogens with zero attached hydrogens (tertiary/aromatic N) is 2. The first kappa shape index (κ1) is 11.4. The fraction of sp³-hybridized carbons (Fsp3) is 0.667. The van der Waals surface area contributed by atoms with Crippen LogP contribution in [0, 0.1) is 5.92 Å². The summed E-state index contributed by atoms with van der Waals surface area (Å²) in [5.41, 5.74) is 3.81. The summed E-state index contributed by atoms with van der Waals surface area (Å²) >= 11 is 0. The topological polar surface area (TPSA) is 57.9 Å². The second-order valence-corrected chi connectivity index (χ2v) is 5.36. The van der Waals surface area contributed by atoms with E-state index in [2.05, 4.69) is 5.10 Å². The van der Waals surface area contributed by atoms with E-state index in [1.165, 1.54) is 36.2 Å². The maximum absolute atomic E-state index is 10.7. The fourth-order valence-corrected chi connectivity index (χ4v) is 3.14. The van der Waals surface area contributed by atoms with Crippen LogP contribution in [-0.4, -0.2) is 15.7 Å². The first-order valence-electron chi connectivity index (χ1n) is 6.03. The van der Waals surface area contributed by atoms with E-state index in [0.717, 1.165) is 12.3 Å². The SMILES string of the molecule is O=C([O-])Cn1nc(C2CC2)c2c1C[C@@H]1C[C@H]21.[Li+]. The molecule has 0 aliphatic heterocycles. The molecule has 4 nitrogen and oxygen atoms in total. The molecule has 2 saturated carbocycles. The summed E-state index contributed by atoms with van der Waals surface area (Å²) in [5, 5.41) is 15.2. The molecule has 84 valence electrons. The van der Waals surface area contributed by atoms with Crippen LogP contribution < -0.4 is 24.0 Å². The summed E-state index contributed by atoms with van der Waals surface area (Å²) in [7, 11) is 0. The summed E-state index contributed by atoms with van der Waals surface area (Å²) in [6.07, 6.45) is 4.79. The van der Waals surface area contributed by atoms with E-state index in [-0.39, 0.29) is 25.4 Å². The Morgan fingerprint density at radius 2 is 2.24 bits per heavy atom. The maximum atomic E-state index is 10.7. The Balaban J connectivity index is 0.000000902. The molecular weight excluding hydrogens is 211 g/mol. The molecule has 17 heavy (non-hydrogen) atoms. The van der Waals surface area contributed by atoms with Crippen molar-refractivity contribution < 1.29 is 28.8 Å². The molecule has 0 saturated heterocycles. The van der Waals surface area contributed by atoms with Gasteiger partial charge in [0.25, 0.3) is 0 Å². The monoisotopic (exact) mass is 224 g/mol. The Labute approximate surface area is 112 Å². The molecule has 0 amide bonds. The van der Waals surface area contributed by atoms with Gasteiger partial charge in [-0.25, -0.2) is 0 Å². The van der Waals surface area contributed by atoms with E-state index in [9.17, 15) is 9.90 Å². The molecule has 0 spiro atoms. The van der Waals surface area contributed by atoms with E-state index in [1.807, 2.05) is 0 Å². The minimum atomic E-state index is -1.03. The van der Waals surface area contributed by atoms with Crippen LogP contribution in [0.4, 0.5) is 0 Å². The van der Waals surface area contributed by atoms with Gasteiger partial charge in [-0.2, -0.15) is 5.10 Å². The third kappa shape index (κ3) is 1.66. The van der Waals surface area contributed by atoms with Gasteiger partial charge in [-0.05, 0) is 37.5 Å². The van der Waals surface area contributed by atoms with Gasteiger partial charge in [0.2, 0.25) is 0 Å². The van der Waals surface area contributed by atoms with E-state index >= 15 is 0 Å². The summed E-state index contributed by atoms with van der Waals surface area (Å²) in [4.78, 5) is 10.7. The van der Waals surface area contributed by atoms with Gasteiger partial charge in [0.1, 0.15) is 0 Å². The number of hydrogen-bond acceptors (Lipinski definition) is 3. The first-order valence-corrected chi connectivity index (χ1v) is 6.03. The summed E-state index contributed by atoms with van der Waals surface area (Å²) in [6, 6.07) is 0. The Morgan fingerprint density at radius 3 is 2.88 bits per heavy atom. The Bertz CT molecular complexity index is 493. The van der Waals surface area contributed by atoms with Crippen LogP contribution in [0.25, 0.3) is 0 Å². The number of carboxylic acid groups (broad SMARTS) is 1. The molecule has 0 unspecified atom stereocenters. The third-order valence-corrected chi connectivity index (χ3v) is 4.12. The fourth-order valence-electron chi connectivity index (χ4n) is 3.14. The van der Waals surface area contributed by atoms with Crippen molar-refractivity contribution in [3.63, 3.8) is 0 Å². The van der Waals surface area contributed by atoms with E-state index in [1.54, 1.807) is 4.68 Å². The Morgan fingerprint density at radius 1 is 1.47 bits per heavy atom. The van der Waals surface area contributed by atoms with E-state index in [4.69, 9.17) is 0 Å². The Hall–Kier alpha value is -0.723. The third-order valence-electron chi connectivity index (χ3n) is 4.12. The van der Waals surface area contributed by atoms with Crippen molar-refractivity contribution in [1.82, 2.24) is 9.78 Å². The smallest absolute Gasteiger partial charge is 0.548 e. The molecule has 1 heterocycles. The second kappa shape index (κ2) is 3.63.